The molecule has 0 saturated carbocycles. The summed E-state index contributed by atoms with van der Waals surface area (Å²) in [6, 6.07) is 13.1. The lowest BCUT2D eigenvalue weighted by molar-refractivity contribution is -0.384. The van der Waals surface area contributed by atoms with E-state index in [1.165, 1.54) is 28.2 Å². The molecule has 1 aliphatic heterocycles. The smallest absolute Gasteiger partial charge is 0.258 e. The van der Waals surface area contributed by atoms with Crippen molar-refractivity contribution in [1.82, 2.24) is 4.31 Å². The minimum Gasteiger partial charge on any atom is -0.258 e. The fourth-order valence-corrected chi connectivity index (χ4v) is 6.02. The van der Waals surface area contributed by atoms with Gasteiger partial charge in [0.25, 0.3) is 5.69 Å². The van der Waals surface area contributed by atoms with Gasteiger partial charge in [-0.1, -0.05) is 31.2 Å². The lowest BCUT2D eigenvalue weighted by Crippen LogP contribution is -2.30. The Kier molecular flexibility index (Phi) is 5.12. The van der Waals surface area contributed by atoms with Crippen LogP contribution < -0.4 is 0 Å². The van der Waals surface area contributed by atoms with Gasteiger partial charge in [-0.25, -0.2) is 8.42 Å². The molecular weight excluding hydrogens is 360 g/mol. The van der Waals surface area contributed by atoms with E-state index in [4.69, 9.17) is 0 Å². The minimum absolute atomic E-state index is 0.0327. The summed E-state index contributed by atoms with van der Waals surface area (Å²) in [5, 5.41) is 10.5. The van der Waals surface area contributed by atoms with Crippen LogP contribution in [0.1, 0.15) is 23.4 Å². The van der Waals surface area contributed by atoms with Crippen LogP contribution in [0.4, 0.5) is 5.69 Å². The predicted octanol–water partition coefficient (Wildman–Crippen LogP) is 3.59. The van der Waals surface area contributed by atoms with Crippen molar-refractivity contribution in [3.63, 3.8) is 0 Å². The third-order valence-electron chi connectivity index (χ3n) is 4.15. The van der Waals surface area contributed by atoms with Gasteiger partial charge in [0.05, 0.1) is 15.2 Å². The molecular formula is C17H18N2O4S2. The third kappa shape index (κ3) is 3.56. The lowest BCUT2D eigenvalue weighted by Gasteiger charge is -2.23. The molecule has 0 amide bonds. The molecule has 0 spiro atoms. The summed E-state index contributed by atoms with van der Waals surface area (Å²) in [4.78, 5) is 10.8. The monoisotopic (exact) mass is 378 g/mol. The summed E-state index contributed by atoms with van der Waals surface area (Å²) in [6.07, 6.45) is 0.843. The maximum absolute atomic E-state index is 13.0. The molecule has 1 atom stereocenters. The van der Waals surface area contributed by atoms with E-state index in [2.05, 4.69) is 0 Å². The quantitative estimate of drug-likeness (QED) is 0.587. The maximum Gasteiger partial charge on any atom is 0.269 e. The highest BCUT2D eigenvalue weighted by Gasteiger charge is 2.37. The lowest BCUT2D eigenvalue weighted by atomic mass is 10.2. The van der Waals surface area contributed by atoms with Gasteiger partial charge in [-0.05, 0) is 29.7 Å². The van der Waals surface area contributed by atoms with Crippen molar-refractivity contribution in [2.45, 2.75) is 23.6 Å². The Morgan fingerprint density at radius 3 is 2.60 bits per heavy atom. The molecule has 132 valence electrons. The first-order chi connectivity index (χ1) is 11.9. The average Bonchev–Trinajstić information content (AvgIpc) is 3.12. The Hall–Kier alpha value is -1.90. The number of thioether (sulfide) groups is 1. The van der Waals surface area contributed by atoms with Gasteiger partial charge < -0.3 is 0 Å². The molecule has 0 N–H and O–H groups in total. The van der Waals surface area contributed by atoms with Crippen LogP contribution >= 0.6 is 11.8 Å². The first-order valence-electron chi connectivity index (χ1n) is 7.90. The Morgan fingerprint density at radius 2 is 1.96 bits per heavy atom. The number of nitrogens with zero attached hydrogens (tertiary/aromatic N) is 2. The summed E-state index contributed by atoms with van der Waals surface area (Å²) in [7, 11) is -3.65. The van der Waals surface area contributed by atoms with Crippen LogP contribution in [0.3, 0.4) is 0 Å². The summed E-state index contributed by atoms with van der Waals surface area (Å²) in [6.45, 7) is 2.40. The molecule has 1 heterocycles. The Bertz CT molecular complexity index is 882. The summed E-state index contributed by atoms with van der Waals surface area (Å²) in [5.74, 6) is 0.652. The van der Waals surface area contributed by atoms with E-state index in [-0.39, 0.29) is 10.6 Å². The Morgan fingerprint density at radius 1 is 1.24 bits per heavy atom. The average molecular weight is 378 g/mol. The molecule has 8 heteroatoms. The fourth-order valence-electron chi connectivity index (χ4n) is 2.79. The zero-order valence-corrected chi connectivity index (χ0v) is 15.3. The first-order valence-corrected chi connectivity index (χ1v) is 10.4. The van der Waals surface area contributed by atoms with Crippen LogP contribution in [-0.4, -0.2) is 29.9 Å². The number of nitro benzene ring substituents is 1. The molecule has 0 radical (unpaired) electrons. The van der Waals surface area contributed by atoms with E-state index >= 15 is 0 Å². The highest BCUT2D eigenvalue weighted by molar-refractivity contribution is 8.01. The molecule has 2 aromatic rings. The molecule has 1 fully saturated rings. The number of non-ortho nitro benzene ring substituents is 1. The first kappa shape index (κ1) is 17.9. The zero-order valence-electron chi connectivity index (χ0n) is 13.7. The molecule has 25 heavy (non-hydrogen) atoms. The van der Waals surface area contributed by atoms with Crippen molar-refractivity contribution in [3.8, 4) is 0 Å². The van der Waals surface area contributed by atoms with Gasteiger partial charge in [-0.3, -0.25) is 10.1 Å². The summed E-state index contributed by atoms with van der Waals surface area (Å²) < 4.78 is 27.5. The Balaban J connectivity index is 1.95. The van der Waals surface area contributed by atoms with Gasteiger partial charge in [0.2, 0.25) is 10.0 Å². The highest BCUT2D eigenvalue weighted by atomic mass is 32.2. The van der Waals surface area contributed by atoms with Crippen molar-refractivity contribution in [2.24, 2.45) is 0 Å². The molecule has 0 unspecified atom stereocenters. The summed E-state index contributed by atoms with van der Waals surface area (Å²) >= 11 is 1.48. The number of aryl methyl sites for hydroxylation is 1. The van der Waals surface area contributed by atoms with Crippen LogP contribution in [0, 0.1) is 10.1 Å². The van der Waals surface area contributed by atoms with Crippen molar-refractivity contribution in [1.29, 1.82) is 0 Å². The van der Waals surface area contributed by atoms with Gasteiger partial charge in [0.1, 0.15) is 0 Å². The Labute approximate surface area is 151 Å². The van der Waals surface area contributed by atoms with E-state index in [0.29, 0.717) is 17.9 Å². The number of hydrogen-bond donors (Lipinski definition) is 0. The molecule has 1 aliphatic rings. The molecule has 3 rings (SSSR count). The number of hydrogen-bond acceptors (Lipinski definition) is 5. The molecule has 1 saturated heterocycles. The largest absolute Gasteiger partial charge is 0.269 e. The van der Waals surface area contributed by atoms with Gasteiger partial charge >= 0.3 is 0 Å². The van der Waals surface area contributed by atoms with E-state index in [1.807, 2.05) is 19.1 Å². The van der Waals surface area contributed by atoms with Crippen LogP contribution in [0.25, 0.3) is 0 Å². The van der Waals surface area contributed by atoms with Crippen LogP contribution in [0.15, 0.2) is 53.4 Å². The van der Waals surface area contributed by atoms with Gasteiger partial charge in [0, 0.05) is 24.4 Å². The topological polar surface area (TPSA) is 80.5 Å². The van der Waals surface area contributed by atoms with Crippen LogP contribution in [0.2, 0.25) is 0 Å². The van der Waals surface area contributed by atoms with Gasteiger partial charge in [0.15, 0.2) is 0 Å². The molecule has 0 aromatic heterocycles. The minimum atomic E-state index is -3.65. The van der Waals surface area contributed by atoms with Gasteiger partial charge in [-0.15, -0.1) is 11.8 Å². The molecule has 0 aliphatic carbocycles. The van der Waals surface area contributed by atoms with E-state index in [0.717, 1.165) is 12.0 Å². The van der Waals surface area contributed by atoms with Crippen molar-refractivity contribution < 1.29 is 13.3 Å². The molecule has 2 aromatic carbocycles. The van der Waals surface area contributed by atoms with Crippen molar-refractivity contribution in [2.75, 3.05) is 12.3 Å². The second-order valence-corrected chi connectivity index (χ2v) is 8.77. The fraction of sp³-hybridized carbons (Fsp3) is 0.294. The third-order valence-corrected chi connectivity index (χ3v) is 7.43. The van der Waals surface area contributed by atoms with Gasteiger partial charge in [-0.2, -0.15) is 4.31 Å². The second-order valence-electron chi connectivity index (χ2n) is 5.69. The van der Waals surface area contributed by atoms with E-state index < -0.39 is 20.3 Å². The molecule has 0 bridgehead atoms. The number of rotatable bonds is 5. The predicted molar refractivity (Wildman–Crippen MR) is 98.0 cm³/mol. The van der Waals surface area contributed by atoms with Crippen molar-refractivity contribution in [3.05, 3.63) is 69.8 Å². The second kappa shape index (κ2) is 7.15. The maximum atomic E-state index is 13.0. The van der Waals surface area contributed by atoms with Crippen molar-refractivity contribution >= 4 is 27.5 Å². The highest BCUT2D eigenvalue weighted by Crippen LogP contribution is 2.42. The normalized spacial score (nSPS) is 18.4. The van der Waals surface area contributed by atoms with E-state index in [9.17, 15) is 18.5 Å². The van der Waals surface area contributed by atoms with E-state index in [1.54, 1.807) is 24.3 Å². The number of nitro groups is 1. The standard InChI is InChI=1S/C17H18N2O4S2/c1-2-13-6-8-16(9-7-13)25(22,23)18-10-11-24-17(18)14-4-3-5-15(12-14)19(20)21/h3-9,12,17H,2,10-11H2,1H3/t17-/m1/s1. The number of sulfonamides is 1. The molecule has 6 nitrogen and oxygen atoms in total. The SMILES string of the molecule is CCc1ccc(S(=O)(=O)N2CCS[C@@H]2c2cccc([N+](=O)[O-])c2)cc1. The number of benzene rings is 2. The van der Waals surface area contributed by atoms with Crippen LogP contribution in [0.5, 0.6) is 0 Å². The zero-order chi connectivity index (χ0) is 18.0. The van der Waals surface area contributed by atoms with Crippen LogP contribution in [-0.2, 0) is 16.4 Å². The summed E-state index contributed by atoms with van der Waals surface area (Å²) in [5.41, 5.74) is 1.67.